The molecule has 0 radical (unpaired) electrons. The summed E-state index contributed by atoms with van der Waals surface area (Å²) in [7, 11) is 0. The second kappa shape index (κ2) is 5.42. The Morgan fingerprint density at radius 2 is 2.41 bits per heavy atom. The Balaban J connectivity index is 2.13. The minimum atomic E-state index is -0.0739. The molecule has 5 heteroatoms. The van der Waals surface area contributed by atoms with E-state index in [1.54, 1.807) is 0 Å². The van der Waals surface area contributed by atoms with Crippen LogP contribution in [0.5, 0.6) is 0 Å². The number of carbonyl (C=O) groups excluding carboxylic acids is 1. The molecule has 0 bridgehead atoms. The second-order valence-corrected chi connectivity index (χ2v) is 4.56. The molecule has 2 rings (SSSR count). The number of nitrogens with one attached hydrogen (secondary N) is 2. The molecule has 1 aliphatic heterocycles. The summed E-state index contributed by atoms with van der Waals surface area (Å²) in [5.74, 6) is 0.0589. The van der Waals surface area contributed by atoms with Gasteiger partial charge in [-0.15, -0.1) is 0 Å². The van der Waals surface area contributed by atoms with E-state index in [2.05, 4.69) is 22.8 Å². The van der Waals surface area contributed by atoms with E-state index < -0.39 is 0 Å². The van der Waals surface area contributed by atoms with Gasteiger partial charge in [0.25, 0.3) is 5.91 Å². The summed E-state index contributed by atoms with van der Waals surface area (Å²) in [5, 5.41) is 7.46. The lowest BCUT2D eigenvalue weighted by atomic mass is 9.81. The maximum atomic E-state index is 11.8. The molecule has 5 nitrogen and oxygen atoms in total. The second-order valence-electron chi connectivity index (χ2n) is 4.56. The van der Waals surface area contributed by atoms with E-state index in [9.17, 15) is 4.79 Å². The number of carbonyl (C=O) groups is 1. The van der Waals surface area contributed by atoms with E-state index in [1.807, 2.05) is 6.08 Å². The molecule has 2 atom stereocenters. The Morgan fingerprint density at radius 1 is 1.59 bits per heavy atom. The normalized spacial score (nSPS) is 28.0. The number of fused-ring (bicyclic) bond motifs is 1. The zero-order chi connectivity index (χ0) is 12.3. The van der Waals surface area contributed by atoms with E-state index in [1.165, 1.54) is 0 Å². The molecule has 0 spiro atoms. The summed E-state index contributed by atoms with van der Waals surface area (Å²) in [4.78, 5) is 11.8. The van der Waals surface area contributed by atoms with Gasteiger partial charge >= 0.3 is 0 Å². The fourth-order valence-electron chi connectivity index (χ4n) is 2.44. The minimum Gasteiger partial charge on any atom is -0.325 e. The van der Waals surface area contributed by atoms with Crippen LogP contribution in [0.2, 0.25) is 0 Å². The van der Waals surface area contributed by atoms with E-state index in [0.29, 0.717) is 12.6 Å². The van der Waals surface area contributed by atoms with Gasteiger partial charge in [-0.2, -0.15) is 5.10 Å². The monoisotopic (exact) mass is 236 g/mol. The highest BCUT2D eigenvalue weighted by Gasteiger charge is 2.32. The van der Waals surface area contributed by atoms with Crippen molar-refractivity contribution in [2.75, 3.05) is 13.1 Å². The van der Waals surface area contributed by atoms with Crippen molar-refractivity contribution in [2.24, 2.45) is 16.8 Å². The lowest BCUT2D eigenvalue weighted by Crippen LogP contribution is -2.43. The van der Waals surface area contributed by atoms with Crippen molar-refractivity contribution in [3.63, 3.8) is 0 Å². The van der Waals surface area contributed by atoms with Gasteiger partial charge in [0.1, 0.15) is 0 Å². The van der Waals surface area contributed by atoms with Crippen LogP contribution in [-0.2, 0) is 4.79 Å². The molecular weight excluding hydrogens is 216 g/mol. The molecule has 0 aromatic rings. The van der Waals surface area contributed by atoms with Crippen molar-refractivity contribution in [3.05, 3.63) is 11.6 Å². The molecule has 0 aromatic carbocycles. The first-order chi connectivity index (χ1) is 8.26. The third-order valence-electron chi connectivity index (χ3n) is 3.35. The van der Waals surface area contributed by atoms with Crippen LogP contribution in [0, 0.1) is 5.92 Å². The Morgan fingerprint density at radius 3 is 3.12 bits per heavy atom. The van der Waals surface area contributed by atoms with Gasteiger partial charge in [-0.25, -0.2) is 5.43 Å². The topological polar surface area (TPSA) is 79.5 Å². The predicted molar refractivity (Wildman–Crippen MR) is 67.5 cm³/mol. The first-order valence-corrected chi connectivity index (χ1v) is 6.28. The zero-order valence-electron chi connectivity index (χ0n) is 10.2. The Kier molecular flexibility index (Phi) is 3.91. The van der Waals surface area contributed by atoms with E-state index in [4.69, 9.17) is 5.73 Å². The number of rotatable bonds is 4. The largest absolute Gasteiger partial charge is 0.325 e. The number of nitrogens with two attached hydrogens (primary N) is 1. The Hall–Kier alpha value is -1.20. The highest BCUT2D eigenvalue weighted by Crippen LogP contribution is 2.28. The number of hydrogen-bond acceptors (Lipinski definition) is 4. The molecule has 4 N–H and O–H groups in total. The van der Waals surface area contributed by atoms with Crippen molar-refractivity contribution in [1.82, 2.24) is 10.7 Å². The van der Waals surface area contributed by atoms with Crippen LogP contribution in [0.1, 0.15) is 26.2 Å². The Bertz CT molecular complexity index is 362. The average Bonchev–Trinajstić information content (AvgIpc) is 2.37. The number of hydrogen-bond donors (Lipinski definition) is 3. The van der Waals surface area contributed by atoms with Gasteiger partial charge in [-0.1, -0.05) is 13.0 Å². The van der Waals surface area contributed by atoms with Gasteiger partial charge in [0, 0.05) is 24.1 Å². The number of amides is 1. The maximum Gasteiger partial charge on any atom is 0.267 e. The van der Waals surface area contributed by atoms with Crippen molar-refractivity contribution >= 4 is 11.6 Å². The summed E-state index contributed by atoms with van der Waals surface area (Å²) in [6, 6.07) is 0.309. The third kappa shape index (κ3) is 2.56. The molecular formula is C12H20N4O. The Labute approximate surface area is 102 Å². The van der Waals surface area contributed by atoms with E-state index >= 15 is 0 Å². The van der Waals surface area contributed by atoms with Gasteiger partial charge in [0.2, 0.25) is 0 Å². The van der Waals surface area contributed by atoms with Crippen LogP contribution in [0.25, 0.3) is 0 Å². The molecule has 1 aliphatic carbocycles. The highest BCUT2D eigenvalue weighted by molar-refractivity contribution is 6.06. The molecule has 2 unspecified atom stereocenters. The molecule has 94 valence electrons. The first-order valence-electron chi connectivity index (χ1n) is 6.28. The molecule has 2 aliphatic rings. The molecule has 0 saturated heterocycles. The van der Waals surface area contributed by atoms with Crippen molar-refractivity contribution in [2.45, 2.75) is 32.2 Å². The van der Waals surface area contributed by atoms with Gasteiger partial charge in [0.15, 0.2) is 0 Å². The smallest absolute Gasteiger partial charge is 0.267 e. The van der Waals surface area contributed by atoms with Crippen molar-refractivity contribution < 1.29 is 4.79 Å². The minimum absolute atomic E-state index is 0.0739. The standard InChI is InChI=1S/C12H20N4O/c1-2-5-14-8-3-4-9-10(6-8)12(17)16-15-11(9)7-13/h6,8-9,14H,2-5,7,13H2,1H3,(H,16,17). The fourth-order valence-corrected chi connectivity index (χ4v) is 2.44. The van der Waals surface area contributed by atoms with Crippen LogP contribution >= 0.6 is 0 Å². The number of nitrogens with zero attached hydrogens (tertiary/aromatic N) is 1. The van der Waals surface area contributed by atoms with Crippen molar-refractivity contribution in [3.8, 4) is 0 Å². The van der Waals surface area contributed by atoms with Crippen molar-refractivity contribution in [1.29, 1.82) is 0 Å². The molecule has 0 fully saturated rings. The summed E-state index contributed by atoms with van der Waals surface area (Å²) >= 11 is 0. The fraction of sp³-hybridized carbons (Fsp3) is 0.667. The van der Waals surface area contributed by atoms with Gasteiger partial charge in [-0.3, -0.25) is 4.79 Å². The van der Waals surface area contributed by atoms with Gasteiger partial charge < -0.3 is 11.1 Å². The summed E-state index contributed by atoms with van der Waals surface area (Å²) < 4.78 is 0. The molecule has 0 aromatic heterocycles. The quantitative estimate of drug-likeness (QED) is 0.649. The summed E-state index contributed by atoms with van der Waals surface area (Å²) in [6.45, 7) is 3.53. The van der Waals surface area contributed by atoms with Crippen LogP contribution in [0.15, 0.2) is 16.8 Å². The zero-order valence-corrected chi connectivity index (χ0v) is 10.2. The van der Waals surface area contributed by atoms with E-state index in [0.717, 1.165) is 37.1 Å². The van der Waals surface area contributed by atoms with E-state index in [-0.39, 0.29) is 11.8 Å². The molecule has 17 heavy (non-hydrogen) atoms. The molecule has 1 amide bonds. The highest BCUT2D eigenvalue weighted by atomic mass is 16.2. The van der Waals surface area contributed by atoms with Crippen LogP contribution < -0.4 is 16.5 Å². The van der Waals surface area contributed by atoms with Crippen LogP contribution in [0.4, 0.5) is 0 Å². The molecule has 1 heterocycles. The maximum absolute atomic E-state index is 11.8. The first kappa shape index (κ1) is 12.3. The third-order valence-corrected chi connectivity index (χ3v) is 3.35. The number of hydrazone groups is 1. The van der Waals surface area contributed by atoms with Crippen LogP contribution in [-0.4, -0.2) is 30.8 Å². The summed E-state index contributed by atoms with van der Waals surface area (Å²) in [5.41, 5.74) is 9.90. The van der Waals surface area contributed by atoms with Crippen LogP contribution in [0.3, 0.4) is 0 Å². The lowest BCUT2D eigenvalue weighted by molar-refractivity contribution is -0.118. The van der Waals surface area contributed by atoms with Gasteiger partial charge in [-0.05, 0) is 25.8 Å². The lowest BCUT2D eigenvalue weighted by Gasteiger charge is -2.31. The SMILES string of the molecule is CCCNC1C=C2C(=O)NN=C(CN)C2CC1. The van der Waals surface area contributed by atoms with Gasteiger partial charge in [0.05, 0.1) is 5.71 Å². The summed E-state index contributed by atoms with van der Waals surface area (Å²) in [6.07, 6.45) is 5.14. The predicted octanol–water partition coefficient (Wildman–Crippen LogP) is 0.136. The molecule has 0 saturated carbocycles. The average molecular weight is 236 g/mol.